The summed E-state index contributed by atoms with van der Waals surface area (Å²) in [4.78, 5) is 82.9. The van der Waals surface area contributed by atoms with Crippen molar-refractivity contribution in [3.63, 3.8) is 0 Å². The molecule has 2 aromatic rings. The Morgan fingerprint density at radius 3 is 2.11 bits per heavy atom. The molecule has 1 aliphatic heterocycles. The van der Waals surface area contributed by atoms with Crippen molar-refractivity contribution in [1.29, 1.82) is 0 Å². The zero-order chi connectivity index (χ0) is 32.4. The zero-order valence-corrected chi connectivity index (χ0v) is 24.4. The molecule has 1 saturated heterocycles. The Labute approximate surface area is 248 Å². The number of nitrogens with one attached hydrogen (secondary N) is 2. The van der Waals surface area contributed by atoms with Crippen LogP contribution in [0.2, 0.25) is 0 Å². The number of H-pyrrole nitrogens is 1. The van der Waals surface area contributed by atoms with Gasteiger partial charge in [-0.1, -0.05) is 6.08 Å². The van der Waals surface area contributed by atoms with Crippen LogP contribution in [0.4, 0.5) is 5.95 Å². The van der Waals surface area contributed by atoms with Gasteiger partial charge in [-0.3, -0.25) is 24.5 Å². The van der Waals surface area contributed by atoms with Crippen LogP contribution in [0, 0.1) is 0 Å². The second kappa shape index (κ2) is 15.9. The van der Waals surface area contributed by atoms with Crippen molar-refractivity contribution in [2.75, 3.05) is 66.8 Å². The van der Waals surface area contributed by atoms with E-state index < -0.39 is 86.0 Å². The van der Waals surface area contributed by atoms with Crippen molar-refractivity contribution in [2.24, 2.45) is 0 Å². The molecule has 1 aliphatic rings. The number of rotatable bonds is 16. The van der Waals surface area contributed by atoms with Gasteiger partial charge in [0.05, 0.1) is 0 Å². The summed E-state index contributed by atoms with van der Waals surface area (Å²) in [5.74, 6) is -3.63. The summed E-state index contributed by atoms with van der Waals surface area (Å²) in [5.41, 5.74) is -2.23. The number of aromatic nitrogens is 4. The number of hydrogen-bond acceptors (Lipinski definition) is 15. The van der Waals surface area contributed by atoms with E-state index in [1.165, 1.54) is 34.5 Å². The number of hydrogen-bond donors (Lipinski definition) is 2. The van der Waals surface area contributed by atoms with Crippen LogP contribution in [0.3, 0.4) is 0 Å². The van der Waals surface area contributed by atoms with Gasteiger partial charge in [0.1, 0.15) is 39.1 Å². The molecule has 0 spiro atoms. The van der Waals surface area contributed by atoms with Gasteiger partial charge in [-0.15, -0.1) is 6.58 Å². The van der Waals surface area contributed by atoms with E-state index in [0.717, 1.165) is 9.13 Å². The number of carbonyl (C=O) groups excluding carboxylic acids is 4. The minimum absolute atomic E-state index is 0.159. The number of esters is 3. The summed E-state index contributed by atoms with van der Waals surface area (Å²) in [6, 6.07) is 0. The van der Waals surface area contributed by atoms with E-state index in [1.807, 2.05) is 0 Å². The Kier molecular flexibility index (Phi) is 12.3. The molecule has 0 radical (unpaired) electrons. The second-order valence-electron chi connectivity index (χ2n) is 9.08. The predicted molar refractivity (Wildman–Crippen MR) is 146 cm³/mol. The van der Waals surface area contributed by atoms with Crippen LogP contribution in [0.15, 0.2) is 22.2 Å². The standard InChI is InChI=1S/C25H33N5O14/c1-6-7-29-18-21(27-24(28-22(18)35)26-14(31)9-37-2)30(25(29)36)23-20(44-17(34)12-40-5)19(43-16(33)11-39-4)13(42-23)8-41-15(32)10-38-3/h6,13,19-20,23H,1,7-12H2,2-5H3,(H2,26,27,28,31,35)/t13-,19-,20-,23-/m1/s1. The van der Waals surface area contributed by atoms with Crippen LogP contribution >= 0.6 is 0 Å². The summed E-state index contributed by atoms with van der Waals surface area (Å²) in [6.45, 7) is 1.10. The van der Waals surface area contributed by atoms with E-state index in [9.17, 15) is 28.8 Å². The van der Waals surface area contributed by atoms with Gasteiger partial charge in [0.15, 0.2) is 29.6 Å². The van der Waals surface area contributed by atoms with E-state index in [4.69, 9.17) is 37.9 Å². The third-order valence-corrected chi connectivity index (χ3v) is 5.93. The molecule has 242 valence electrons. The number of allylic oxidation sites excluding steroid dienone is 1. The first kappa shape index (κ1) is 34.1. The zero-order valence-electron chi connectivity index (χ0n) is 24.4. The SMILES string of the molecule is C=CCn1c(=O)n([C@@H]2O[C@H](COC(=O)COC)[C@@H](OC(=O)COC)[C@H]2OC(=O)COC)c2nc(NC(=O)COC)[nH]c(=O)c21. The fourth-order valence-corrected chi connectivity index (χ4v) is 4.33. The summed E-state index contributed by atoms with van der Waals surface area (Å²) >= 11 is 0. The molecule has 2 N–H and O–H groups in total. The number of imidazole rings is 1. The number of anilines is 1. The van der Waals surface area contributed by atoms with E-state index in [2.05, 4.69) is 21.9 Å². The van der Waals surface area contributed by atoms with Crippen LogP contribution in [0.25, 0.3) is 11.2 Å². The fourth-order valence-electron chi connectivity index (χ4n) is 4.33. The molecule has 0 bridgehead atoms. The number of ether oxygens (including phenoxy) is 8. The third kappa shape index (κ3) is 7.94. The maximum atomic E-state index is 13.8. The van der Waals surface area contributed by atoms with Crippen molar-refractivity contribution in [2.45, 2.75) is 31.1 Å². The summed E-state index contributed by atoms with van der Waals surface area (Å²) in [6.07, 6.45) is -4.61. The Bertz CT molecular complexity index is 1480. The lowest BCUT2D eigenvalue weighted by Gasteiger charge is -2.24. The lowest BCUT2D eigenvalue weighted by Crippen LogP contribution is -2.43. The van der Waals surface area contributed by atoms with Gasteiger partial charge in [0.25, 0.3) is 11.5 Å². The summed E-state index contributed by atoms with van der Waals surface area (Å²) < 4.78 is 43.4. The second-order valence-corrected chi connectivity index (χ2v) is 9.08. The molecule has 3 heterocycles. The van der Waals surface area contributed by atoms with Crippen LogP contribution in [-0.2, 0) is 63.6 Å². The van der Waals surface area contributed by atoms with Gasteiger partial charge in [0.2, 0.25) is 5.95 Å². The number of aromatic amines is 1. The highest BCUT2D eigenvalue weighted by molar-refractivity contribution is 5.90. The van der Waals surface area contributed by atoms with Crippen LogP contribution in [0.5, 0.6) is 0 Å². The van der Waals surface area contributed by atoms with Gasteiger partial charge in [0, 0.05) is 35.0 Å². The molecule has 0 saturated carbocycles. The fraction of sp³-hybridized carbons (Fsp3) is 0.560. The molecule has 0 aliphatic carbocycles. The molecule has 2 aromatic heterocycles. The Balaban J connectivity index is 2.22. The van der Waals surface area contributed by atoms with E-state index >= 15 is 0 Å². The number of fused-ring (bicyclic) bond motifs is 1. The number of carbonyl (C=O) groups is 4. The topological polar surface area (TPSA) is 227 Å². The highest BCUT2D eigenvalue weighted by Gasteiger charge is 2.52. The van der Waals surface area contributed by atoms with E-state index in [-0.39, 0.29) is 30.3 Å². The molecule has 4 atom stereocenters. The molecule has 19 nitrogen and oxygen atoms in total. The molecular formula is C25H33N5O14. The molecule has 0 unspecified atom stereocenters. The predicted octanol–water partition coefficient (Wildman–Crippen LogP) is -2.14. The Morgan fingerprint density at radius 2 is 1.52 bits per heavy atom. The normalized spacial score (nSPS) is 19.5. The number of amides is 1. The minimum atomic E-state index is -1.61. The quantitative estimate of drug-likeness (QED) is 0.115. The van der Waals surface area contributed by atoms with Crippen molar-refractivity contribution in [3.05, 3.63) is 33.5 Å². The van der Waals surface area contributed by atoms with Crippen molar-refractivity contribution in [1.82, 2.24) is 19.1 Å². The molecule has 19 heteroatoms. The molecular weight excluding hydrogens is 594 g/mol. The highest BCUT2D eigenvalue weighted by atomic mass is 16.7. The maximum Gasteiger partial charge on any atom is 0.333 e. The monoisotopic (exact) mass is 627 g/mol. The van der Waals surface area contributed by atoms with Crippen LogP contribution in [-0.4, -0.2) is 123 Å². The Hall–Kier alpha value is -4.43. The molecule has 3 rings (SSSR count). The molecule has 44 heavy (non-hydrogen) atoms. The van der Waals surface area contributed by atoms with Crippen molar-refractivity contribution in [3.8, 4) is 0 Å². The summed E-state index contributed by atoms with van der Waals surface area (Å²) in [5, 5.41) is 2.35. The van der Waals surface area contributed by atoms with Crippen molar-refractivity contribution >= 4 is 40.9 Å². The molecule has 1 fully saturated rings. The van der Waals surface area contributed by atoms with Gasteiger partial charge in [-0.25, -0.2) is 23.7 Å². The van der Waals surface area contributed by atoms with Crippen molar-refractivity contribution < 1.29 is 57.1 Å². The average molecular weight is 628 g/mol. The van der Waals surface area contributed by atoms with Gasteiger partial charge in [-0.05, 0) is 0 Å². The summed E-state index contributed by atoms with van der Waals surface area (Å²) in [7, 11) is 5.04. The third-order valence-electron chi connectivity index (χ3n) is 5.93. The van der Waals surface area contributed by atoms with E-state index in [1.54, 1.807) is 0 Å². The number of methoxy groups -OCH3 is 4. The van der Waals surface area contributed by atoms with E-state index in [0.29, 0.717) is 0 Å². The average Bonchev–Trinajstić information content (AvgIpc) is 3.41. The largest absolute Gasteiger partial charge is 0.461 e. The van der Waals surface area contributed by atoms with Crippen LogP contribution in [0.1, 0.15) is 6.23 Å². The Morgan fingerprint density at radius 1 is 0.932 bits per heavy atom. The maximum absolute atomic E-state index is 13.8. The van der Waals surface area contributed by atoms with Gasteiger partial charge >= 0.3 is 23.6 Å². The first-order valence-corrected chi connectivity index (χ1v) is 12.9. The lowest BCUT2D eigenvalue weighted by atomic mass is 10.1. The first-order chi connectivity index (χ1) is 21.1. The van der Waals surface area contributed by atoms with Gasteiger partial charge < -0.3 is 37.9 Å². The first-order valence-electron chi connectivity index (χ1n) is 12.9. The lowest BCUT2D eigenvalue weighted by molar-refractivity contribution is -0.173. The van der Waals surface area contributed by atoms with Crippen LogP contribution < -0.4 is 16.6 Å². The smallest absolute Gasteiger partial charge is 0.333 e. The number of nitrogens with zero attached hydrogens (tertiary/aromatic N) is 3. The molecule has 0 aromatic carbocycles. The minimum Gasteiger partial charge on any atom is -0.461 e. The highest BCUT2D eigenvalue weighted by Crippen LogP contribution is 2.35. The molecule has 1 amide bonds. The van der Waals surface area contributed by atoms with Gasteiger partial charge in [-0.2, -0.15) is 4.98 Å².